The molecule has 2 aromatic rings. The minimum absolute atomic E-state index is 0. The van der Waals surface area contributed by atoms with Gasteiger partial charge in [0.2, 0.25) is 12.7 Å². The Labute approximate surface area is 180 Å². The molecule has 0 amide bonds. The number of rotatable bonds is 5. The standard InChI is InChI=1S/C13H7F6NO3S.K.H/c14-5-23-7-3-1-2-6(4-7)20-24(21,22)13-11(18)9(16)8(15)10(17)12(13)19;;/h1-4,20H,5H2;;. The van der Waals surface area contributed by atoms with Crippen LogP contribution in [0.15, 0.2) is 29.2 Å². The quantitative estimate of drug-likeness (QED) is 0.356. The normalized spacial score (nSPS) is 11.0. The van der Waals surface area contributed by atoms with Gasteiger partial charge in [0.05, 0.1) is 5.69 Å². The molecule has 0 bridgehead atoms. The Balaban J connectivity index is 0.00000312. The van der Waals surface area contributed by atoms with Gasteiger partial charge in [0, 0.05) is 6.07 Å². The fourth-order valence-electron chi connectivity index (χ4n) is 1.74. The molecule has 25 heavy (non-hydrogen) atoms. The molecule has 0 aliphatic heterocycles. The monoisotopic (exact) mass is 411 g/mol. The third-order valence-electron chi connectivity index (χ3n) is 2.75. The summed E-state index contributed by atoms with van der Waals surface area (Å²) >= 11 is 0. The van der Waals surface area contributed by atoms with Crippen LogP contribution >= 0.6 is 0 Å². The number of halogens is 6. The van der Waals surface area contributed by atoms with Crippen molar-refractivity contribution in [2.75, 3.05) is 11.6 Å². The molecule has 0 saturated heterocycles. The Morgan fingerprint density at radius 1 is 0.920 bits per heavy atom. The zero-order valence-corrected chi connectivity index (χ0v) is 12.2. The average molecular weight is 411 g/mol. The van der Waals surface area contributed by atoms with Crippen LogP contribution in [-0.2, 0) is 10.0 Å². The van der Waals surface area contributed by atoms with Crippen molar-refractivity contribution < 1.29 is 39.5 Å². The van der Waals surface area contributed by atoms with Gasteiger partial charge in [0.25, 0.3) is 10.0 Å². The topological polar surface area (TPSA) is 55.4 Å². The van der Waals surface area contributed by atoms with Gasteiger partial charge in [0.1, 0.15) is 5.75 Å². The van der Waals surface area contributed by atoms with E-state index in [1.165, 1.54) is 12.1 Å². The van der Waals surface area contributed by atoms with E-state index in [0.29, 0.717) is 0 Å². The molecule has 0 heterocycles. The van der Waals surface area contributed by atoms with Gasteiger partial charge < -0.3 is 4.74 Å². The van der Waals surface area contributed by atoms with Gasteiger partial charge in [-0.2, -0.15) is 0 Å². The first-order valence-corrected chi connectivity index (χ1v) is 7.50. The molecular weight excluding hydrogens is 403 g/mol. The molecule has 0 fully saturated rings. The molecule has 0 spiro atoms. The van der Waals surface area contributed by atoms with Crippen LogP contribution in [0.2, 0.25) is 0 Å². The van der Waals surface area contributed by atoms with Crippen LogP contribution in [0.5, 0.6) is 5.75 Å². The second-order valence-electron chi connectivity index (χ2n) is 4.29. The first-order valence-electron chi connectivity index (χ1n) is 6.02. The molecule has 0 saturated carbocycles. The van der Waals surface area contributed by atoms with E-state index >= 15 is 0 Å². The fourth-order valence-corrected chi connectivity index (χ4v) is 2.93. The van der Waals surface area contributed by atoms with Crippen LogP contribution < -0.4 is 9.46 Å². The number of sulfonamides is 1. The molecule has 132 valence electrons. The molecule has 0 radical (unpaired) electrons. The summed E-state index contributed by atoms with van der Waals surface area (Å²) in [6, 6.07) is 4.50. The summed E-state index contributed by atoms with van der Waals surface area (Å²) < 4.78 is 108. The summed E-state index contributed by atoms with van der Waals surface area (Å²) in [5.41, 5.74) is -0.343. The van der Waals surface area contributed by atoms with E-state index in [0.717, 1.165) is 12.1 Å². The number of benzene rings is 2. The molecule has 2 rings (SSSR count). The Bertz CT molecular complexity index is 865. The maximum absolute atomic E-state index is 13.6. The van der Waals surface area contributed by atoms with Crippen molar-refractivity contribution in [2.45, 2.75) is 4.90 Å². The summed E-state index contributed by atoms with van der Waals surface area (Å²) in [6.07, 6.45) is 0. The number of anilines is 1. The van der Waals surface area contributed by atoms with Crippen LogP contribution in [0.25, 0.3) is 0 Å². The van der Waals surface area contributed by atoms with Crippen LogP contribution in [0.4, 0.5) is 32.0 Å². The minimum atomic E-state index is -5.16. The Kier molecular flexibility index (Phi) is 7.77. The van der Waals surface area contributed by atoms with Crippen molar-refractivity contribution in [3.8, 4) is 5.75 Å². The fraction of sp³-hybridized carbons (Fsp3) is 0.0769. The Morgan fingerprint density at radius 3 is 1.96 bits per heavy atom. The number of nitrogens with one attached hydrogen (secondary N) is 1. The average Bonchev–Trinajstić information content (AvgIpc) is 2.51. The molecule has 0 atom stereocenters. The van der Waals surface area contributed by atoms with Gasteiger partial charge in [-0.05, 0) is 12.1 Å². The predicted molar refractivity (Wildman–Crippen MR) is 77.2 cm³/mol. The van der Waals surface area contributed by atoms with Gasteiger partial charge in [0.15, 0.2) is 28.2 Å². The molecule has 0 unspecified atom stereocenters. The van der Waals surface area contributed by atoms with Crippen molar-refractivity contribution in [3.05, 3.63) is 53.4 Å². The molecule has 2 aromatic carbocycles. The zero-order chi connectivity index (χ0) is 18.1. The molecule has 1 N–H and O–H groups in total. The predicted octanol–water partition coefficient (Wildman–Crippen LogP) is 2.84. The Hall–Kier alpha value is -0.794. The van der Waals surface area contributed by atoms with E-state index in [4.69, 9.17) is 0 Å². The molecule has 0 aliphatic carbocycles. The van der Waals surface area contributed by atoms with Crippen molar-refractivity contribution in [1.29, 1.82) is 0 Å². The molecular formula is C13H8F6KNO3S. The van der Waals surface area contributed by atoms with Crippen molar-refractivity contribution in [1.82, 2.24) is 0 Å². The molecule has 0 aliphatic rings. The van der Waals surface area contributed by atoms with Crippen molar-refractivity contribution in [3.63, 3.8) is 0 Å². The summed E-state index contributed by atoms with van der Waals surface area (Å²) in [7, 11) is -5.16. The Morgan fingerprint density at radius 2 is 1.44 bits per heavy atom. The summed E-state index contributed by atoms with van der Waals surface area (Å²) in [6.45, 7) is -1.23. The van der Waals surface area contributed by atoms with E-state index in [1.807, 2.05) is 0 Å². The molecule has 12 heteroatoms. The van der Waals surface area contributed by atoms with E-state index in [-0.39, 0.29) is 62.8 Å². The summed E-state index contributed by atoms with van der Waals surface area (Å²) in [5, 5.41) is 0. The van der Waals surface area contributed by atoms with Crippen LogP contribution in [0.1, 0.15) is 0 Å². The summed E-state index contributed by atoms with van der Waals surface area (Å²) in [4.78, 5) is -2.03. The van der Waals surface area contributed by atoms with Gasteiger partial charge in [-0.15, -0.1) is 0 Å². The van der Waals surface area contributed by atoms with Gasteiger partial charge in [-0.3, -0.25) is 4.72 Å². The van der Waals surface area contributed by atoms with Crippen LogP contribution in [0, 0.1) is 29.1 Å². The second-order valence-corrected chi connectivity index (χ2v) is 5.91. The van der Waals surface area contributed by atoms with E-state index in [2.05, 4.69) is 4.74 Å². The van der Waals surface area contributed by atoms with Crippen molar-refractivity contribution >= 4 is 67.1 Å². The first-order chi connectivity index (χ1) is 11.2. The maximum atomic E-state index is 13.6. The van der Waals surface area contributed by atoms with E-state index < -0.39 is 50.9 Å². The zero-order valence-electron chi connectivity index (χ0n) is 11.4. The van der Waals surface area contributed by atoms with Crippen LogP contribution in [0.3, 0.4) is 0 Å². The third kappa shape index (κ3) is 4.68. The van der Waals surface area contributed by atoms with Gasteiger partial charge in [-0.1, -0.05) is 6.07 Å². The van der Waals surface area contributed by atoms with Crippen LogP contribution in [-0.4, -0.2) is 66.7 Å². The molecule has 4 nitrogen and oxygen atoms in total. The van der Waals surface area contributed by atoms with Gasteiger partial charge in [-0.25, -0.2) is 34.8 Å². The van der Waals surface area contributed by atoms with E-state index in [9.17, 15) is 34.8 Å². The second kappa shape index (κ2) is 8.73. The van der Waals surface area contributed by atoms with Gasteiger partial charge >= 0.3 is 51.4 Å². The van der Waals surface area contributed by atoms with Crippen molar-refractivity contribution in [2.24, 2.45) is 0 Å². The SMILES string of the molecule is O=S(=O)(Nc1cccc(OCF)c1)c1c(F)c(F)c(F)c(F)c1F.[KH]. The summed E-state index contributed by atoms with van der Waals surface area (Å²) in [5.74, 6) is -12.4. The van der Waals surface area contributed by atoms with E-state index in [1.54, 1.807) is 4.72 Å². The number of hydrogen-bond donors (Lipinski definition) is 1. The third-order valence-corrected chi connectivity index (χ3v) is 4.15. The number of hydrogen-bond acceptors (Lipinski definition) is 3. The first kappa shape index (κ1) is 22.2. The molecule has 0 aromatic heterocycles. The number of alkyl halides is 1. The number of ether oxygens (including phenoxy) is 1.